The van der Waals surface area contributed by atoms with Crippen LogP contribution < -0.4 is 5.32 Å². The van der Waals surface area contributed by atoms with Crippen LogP contribution in [-0.4, -0.2) is 11.0 Å². The Bertz CT molecular complexity index is 280. The van der Waals surface area contributed by atoms with Crippen LogP contribution in [0.4, 0.5) is 0 Å². The van der Waals surface area contributed by atoms with Crippen molar-refractivity contribution in [1.82, 2.24) is 10.3 Å². The molecule has 0 aromatic carbocycles. The van der Waals surface area contributed by atoms with Gasteiger partial charge in [-0.2, -0.15) is 0 Å². The standard InChI is InChI=1S/C10H16N2S/c1-5-7(2)11-9(4)10-12-8(3)6-13-10/h5-7,9,11H,1H2,2-4H3. The van der Waals surface area contributed by atoms with Crippen molar-refractivity contribution in [2.24, 2.45) is 0 Å². The number of hydrogen-bond donors (Lipinski definition) is 1. The van der Waals surface area contributed by atoms with E-state index in [0.29, 0.717) is 12.1 Å². The van der Waals surface area contributed by atoms with Crippen LogP contribution in [0.3, 0.4) is 0 Å². The van der Waals surface area contributed by atoms with Crippen LogP contribution >= 0.6 is 11.3 Å². The van der Waals surface area contributed by atoms with Crippen LogP contribution in [0, 0.1) is 6.92 Å². The maximum absolute atomic E-state index is 4.42. The highest BCUT2D eigenvalue weighted by Crippen LogP contribution is 2.17. The minimum atomic E-state index is 0.312. The van der Waals surface area contributed by atoms with E-state index in [0.717, 1.165) is 10.7 Å². The van der Waals surface area contributed by atoms with Crippen molar-refractivity contribution in [1.29, 1.82) is 0 Å². The Morgan fingerprint density at radius 3 is 2.77 bits per heavy atom. The van der Waals surface area contributed by atoms with Crippen molar-refractivity contribution in [3.63, 3.8) is 0 Å². The first-order valence-corrected chi connectivity index (χ1v) is 5.32. The fourth-order valence-corrected chi connectivity index (χ4v) is 1.92. The largest absolute Gasteiger partial charge is 0.302 e. The minimum Gasteiger partial charge on any atom is -0.302 e. The quantitative estimate of drug-likeness (QED) is 0.749. The van der Waals surface area contributed by atoms with Crippen LogP contribution in [0.25, 0.3) is 0 Å². The summed E-state index contributed by atoms with van der Waals surface area (Å²) in [5.41, 5.74) is 1.10. The third-order valence-electron chi connectivity index (χ3n) is 1.87. The van der Waals surface area contributed by atoms with Gasteiger partial charge in [0.05, 0.1) is 6.04 Å². The van der Waals surface area contributed by atoms with Crippen molar-refractivity contribution in [2.75, 3.05) is 0 Å². The van der Waals surface area contributed by atoms with E-state index in [1.54, 1.807) is 11.3 Å². The van der Waals surface area contributed by atoms with E-state index in [9.17, 15) is 0 Å². The molecule has 13 heavy (non-hydrogen) atoms. The van der Waals surface area contributed by atoms with Gasteiger partial charge >= 0.3 is 0 Å². The van der Waals surface area contributed by atoms with Gasteiger partial charge in [-0.3, -0.25) is 0 Å². The Balaban J connectivity index is 2.57. The molecule has 0 aliphatic carbocycles. The molecule has 0 aliphatic heterocycles. The van der Waals surface area contributed by atoms with E-state index < -0.39 is 0 Å². The van der Waals surface area contributed by atoms with Crippen molar-refractivity contribution in [2.45, 2.75) is 32.9 Å². The summed E-state index contributed by atoms with van der Waals surface area (Å²) >= 11 is 1.70. The number of hydrogen-bond acceptors (Lipinski definition) is 3. The average Bonchev–Trinajstić information content (AvgIpc) is 2.51. The van der Waals surface area contributed by atoms with Crippen LogP contribution in [0.5, 0.6) is 0 Å². The normalized spacial score (nSPS) is 15.3. The molecule has 1 aromatic rings. The van der Waals surface area contributed by atoms with E-state index in [1.165, 1.54) is 0 Å². The molecular weight excluding hydrogens is 180 g/mol. The first-order valence-electron chi connectivity index (χ1n) is 4.44. The molecule has 0 bridgehead atoms. The van der Waals surface area contributed by atoms with Gasteiger partial charge in [0.2, 0.25) is 0 Å². The smallest absolute Gasteiger partial charge is 0.110 e. The van der Waals surface area contributed by atoms with Gasteiger partial charge in [-0.25, -0.2) is 4.98 Å². The molecule has 0 saturated carbocycles. The van der Waals surface area contributed by atoms with Crippen LogP contribution in [0.1, 0.15) is 30.6 Å². The molecule has 1 heterocycles. The van der Waals surface area contributed by atoms with Crippen LogP contribution in [-0.2, 0) is 0 Å². The zero-order valence-corrected chi connectivity index (χ0v) is 9.19. The van der Waals surface area contributed by atoms with Gasteiger partial charge in [-0.15, -0.1) is 17.9 Å². The second-order valence-electron chi connectivity index (χ2n) is 3.24. The predicted molar refractivity (Wildman–Crippen MR) is 58.1 cm³/mol. The molecule has 0 fully saturated rings. The lowest BCUT2D eigenvalue weighted by Crippen LogP contribution is -2.26. The molecule has 0 aliphatic rings. The van der Waals surface area contributed by atoms with Crippen molar-refractivity contribution < 1.29 is 0 Å². The Morgan fingerprint density at radius 1 is 1.62 bits per heavy atom. The van der Waals surface area contributed by atoms with E-state index >= 15 is 0 Å². The fourth-order valence-electron chi connectivity index (χ4n) is 1.10. The lowest BCUT2D eigenvalue weighted by atomic mass is 10.2. The predicted octanol–water partition coefficient (Wildman–Crippen LogP) is 2.68. The number of aryl methyl sites for hydroxylation is 1. The first-order chi connectivity index (χ1) is 6.13. The summed E-state index contributed by atoms with van der Waals surface area (Å²) in [6, 6.07) is 0.644. The van der Waals surface area contributed by atoms with E-state index in [-0.39, 0.29) is 0 Å². The molecule has 0 amide bonds. The summed E-state index contributed by atoms with van der Waals surface area (Å²) in [6.07, 6.45) is 1.90. The van der Waals surface area contributed by atoms with E-state index in [4.69, 9.17) is 0 Å². The third-order valence-corrected chi connectivity index (χ3v) is 3.02. The minimum absolute atomic E-state index is 0.312. The highest BCUT2D eigenvalue weighted by atomic mass is 32.1. The van der Waals surface area contributed by atoms with E-state index in [2.05, 4.69) is 36.1 Å². The lowest BCUT2D eigenvalue weighted by Gasteiger charge is -2.14. The summed E-state index contributed by atoms with van der Waals surface area (Å²) in [6.45, 7) is 9.96. The van der Waals surface area contributed by atoms with Crippen LogP contribution in [0.2, 0.25) is 0 Å². The summed E-state index contributed by atoms with van der Waals surface area (Å²) in [5, 5.41) is 6.61. The Hall–Kier alpha value is -0.670. The number of rotatable bonds is 4. The van der Waals surface area contributed by atoms with Gasteiger partial charge in [0.15, 0.2) is 0 Å². The SMILES string of the molecule is C=CC(C)NC(C)c1nc(C)cs1. The highest BCUT2D eigenvalue weighted by Gasteiger charge is 2.09. The topological polar surface area (TPSA) is 24.9 Å². The molecule has 72 valence electrons. The molecular formula is C10H16N2S. The molecule has 2 nitrogen and oxygen atoms in total. The fraction of sp³-hybridized carbons (Fsp3) is 0.500. The van der Waals surface area contributed by atoms with E-state index in [1.807, 2.05) is 13.0 Å². The number of aromatic nitrogens is 1. The van der Waals surface area contributed by atoms with Gasteiger partial charge < -0.3 is 5.32 Å². The first kappa shape index (κ1) is 10.4. The van der Waals surface area contributed by atoms with Crippen molar-refractivity contribution in [3.8, 4) is 0 Å². The maximum atomic E-state index is 4.42. The second-order valence-corrected chi connectivity index (χ2v) is 4.13. The summed E-state index contributed by atoms with van der Waals surface area (Å²) in [7, 11) is 0. The summed E-state index contributed by atoms with van der Waals surface area (Å²) < 4.78 is 0. The zero-order chi connectivity index (χ0) is 9.84. The van der Waals surface area contributed by atoms with Gasteiger partial charge in [0.25, 0.3) is 0 Å². The molecule has 2 unspecified atom stereocenters. The third kappa shape index (κ3) is 2.94. The number of nitrogens with zero attached hydrogens (tertiary/aromatic N) is 1. The Morgan fingerprint density at radius 2 is 2.31 bits per heavy atom. The molecule has 0 radical (unpaired) electrons. The molecule has 1 aromatic heterocycles. The number of thiazole rings is 1. The molecule has 0 spiro atoms. The van der Waals surface area contributed by atoms with Gasteiger partial charge in [0.1, 0.15) is 5.01 Å². The van der Waals surface area contributed by atoms with Gasteiger partial charge in [-0.1, -0.05) is 6.08 Å². The van der Waals surface area contributed by atoms with Crippen molar-refractivity contribution >= 4 is 11.3 Å². The monoisotopic (exact) mass is 196 g/mol. The average molecular weight is 196 g/mol. The highest BCUT2D eigenvalue weighted by molar-refractivity contribution is 7.09. The molecule has 3 heteroatoms. The second kappa shape index (κ2) is 4.53. The van der Waals surface area contributed by atoms with Crippen molar-refractivity contribution in [3.05, 3.63) is 28.7 Å². The molecule has 1 rings (SSSR count). The summed E-state index contributed by atoms with van der Waals surface area (Å²) in [4.78, 5) is 4.42. The summed E-state index contributed by atoms with van der Waals surface area (Å²) in [5.74, 6) is 0. The Kier molecular flexibility index (Phi) is 3.63. The molecule has 2 atom stereocenters. The number of nitrogens with one attached hydrogen (secondary N) is 1. The zero-order valence-electron chi connectivity index (χ0n) is 8.37. The lowest BCUT2D eigenvalue weighted by molar-refractivity contribution is 0.534. The molecule has 1 N–H and O–H groups in total. The molecule has 0 saturated heterocycles. The van der Waals surface area contributed by atoms with Gasteiger partial charge in [0, 0.05) is 17.1 Å². The maximum Gasteiger partial charge on any atom is 0.110 e. The van der Waals surface area contributed by atoms with Gasteiger partial charge in [-0.05, 0) is 20.8 Å². The Labute approximate surface area is 83.7 Å². The van der Waals surface area contributed by atoms with Crippen LogP contribution in [0.15, 0.2) is 18.0 Å².